The smallest absolute Gasteiger partial charge is 0.249 e. The van der Waals surface area contributed by atoms with Crippen LogP contribution in [0.25, 0.3) is 0 Å². The molecule has 0 spiro atoms. The maximum absolute atomic E-state index is 10.8. The lowest BCUT2D eigenvalue weighted by Crippen LogP contribution is -2.50. The number of aryl methyl sites for hydroxylation is 1. The van der Waals surface area contributed by atoms with E-state index in [0.717, 1.165) is 5.92 Å². The maximum atomic E-state index is 10.8. The predicted octanol–water partition coefficient (Wildman–Crippen LogP) is 0.867. The van der Waals surface area contributed by atoms with E-state index >= 15 is 0 Å². The molecule has 2 N–H and O–H groups in total. The monoisotopic (exact) mass is 295 g/mol. The molecule has 1 unspecified atom stereocenters. The Morgan fingerprint density at radius 3 is 2.65 bits per heavy atom. The highest BCUT2D eigenvalue weighted by Crippen LogP contribution is 2.43. The summed E-state index contributed by atoms with van der Waals surface area (Å²) in [6, 6.07) is -0.537. The van der Waals surface area contributed by atoms with E-state index < -0.39 is 11.9 Å². The summed E-state index contributed by atoms with van der Waals surface area (Å²) in [4.78, 5) is 37.1. The van der Waals surface area contributed by atoms with Gasteiger partial charge in [0, 0.05) is 11.3 Å². The number of piperidine rings is 1. The van der Waals surface area contributed by atoms with E-state index in [1.165, 1.54) is 23.4 Å². The van der Waals surface area contributed by atoms with Crippen LogP contribution in [0.4, 0.5) is 0 Å². The summed E-state index contributed by atoms with van der Waals surface area (Å²) < 4.78 is 0. The molecule has 3 amide bonds. The highest BCUT2D eigenvalue weighted by Gasteiger charge is 2.26. The number of nitrogens with zero attached hydrogens (tertiary/aromatic N) is 1. The minimum absolute atomic E-state index is 0.279. The van der Waals surface area contributed by atoms with Gasteiger partial charge >= 0.3 is 0 Å². The Balaban J connectivity index is 0.000000149. The Bertz CT molecular complexity index is 511. The lowest BCUT2D eigenvalue weighted by molar-refractivity contribution is -0.135. The second-order valence-corrected chi connectivity index (χ2v) is 5.75. The molecule has 2 aliphatic rings. The molecule has 1 saturated heterocycles. The molecule has 108 valence electrons. The first-order valence-electron chi connectivity index (χ1n) is 6.55. The third kappa shape index (κ3) is 3.86. The Labute approximate surface area is 121 Å². The normalized spacial score (nSPS) is 21.6. The van der Waals surface area contributed by atoms with E-state index in [1.54, 1.807) is 0 Å². The van der Waals surface area contributed by atoms with Gasteiger partial charge in [-0.2, -0.15) is 0 Å². The molecule has 1 aromatic rings. The van der Waals surface area contributed by atoms with E-state index in [0.29, 0.717) is 12.8 Å². The maximum Gasteiger partial charge on any atom is 0.249 e. The summed E-state index contributed by atoms with van der Waals surface area (Å²) in [5, 5.41) is 4.42. The fourth-order valence-electron chi connectivity index (χ4n) is 1.98. The molecule has 20 heavy (non-hydrogen) atoms. The van der Waals surface area contributed by atoms with Crippen molar-refractivity contribution in [3.05, 3.63) is 16.1 Å². The van der Waals surface area contributed by atoms with Crippen molar-refractivity contribution in [1.29, 1.82) is 0 Å². The highest BCUT2D eigenvalue weighted by atomic mass is 32.1. The molecule has 0 radical (unpaired) electrons. The third-order valence-electron chi connectivity index (χ3n) is 3.24. The van der Waals surface area contributed by atoms with Gasteiger partial charge in [0.1, 0.15) is 6.04 Å². The summed E-state index contributed by atoms with van der Waals surface area (Å²) in [6.07, 6.45) is 3.92. The minimum Gasteiger partial charge on any atom is -0.347 e. The Morgan fingerprint density at radius 1 is 1.40 bits per heavy atom. The van der Waals surface area contributed by atoms with Crippen LogP contribution in [-0.2, 0) is 14.4 Å². The number of imide groups is 1. The van der Waals surface area contributed by atoms with Gasteiger partial charge in [0.05, 0.1) is 11.2 Å². The van der Waals surface area contributed by atoms with Gasteiger partial charge in [0.2, 0.25) is 18.2 Å². The van der Waals surface area contributed by atoms with Crippen LogP contribution in [0.1, 0.15) is 42.2 Å². The number of rotatable bonds is 3. The summed E-state index contributed by atoms with van der Waals surface area (Å²) in [6.45, 7) is 2.10. The van der Waals surface area contributed by atoms with Crippen molar-refractivity contribution < 1.29 is 14.4 Å². The average molecular weight is 295 g/mol. The number of aromatic nitrogens is 1. The van der Waals surface area contributed by atoms with Crippen molar-refractivity contribution in [2.24, 2.45) is 0 Å². The van der Waals surface area contributed by atoms with E-state index in [-0.39, 0.29) is 12.3 Å². The third-order valence-corrected chi connectivity index (χ3v) is 4.33. The van der Waals surface area contributed by atoms with Crippen LogP contribution >= 0.6 is 11.3 Å². The topological polar surface area (TPSA) is 88.2 Å². The molecule has 1 aliphatic heterocycles. The van der Waals surface area contributed by atoms with Crippen molar-refractivity contribution in [3.63, 3.8) is 0 Å². The fraction of sp³-hybridized carbons (Fsp3) is 0.538. The van der Waals surface area contributed by atoms with Crippen LogP contribution in [0, 0.1) is 6.92 Å². The molecule has 3 rings (SSSR count). The Kier molecular flexibility index (Phi) is 4.84. The van der Waals surface area contributed by atoms with E-state index in [2.05, 4.69) is 22.5 Å². The molecule has 2 fully saturated rings. The summed E-state index contributed by atoms with van der Waals surface area (Å²) in [5.74, 6) is 0.185. The number of hydrogen-bond acceptors (Lipinski definition) is 5. The van der Waals surface area contributed by atoms with Gasteiger partial charge in [-0.1, -0.05) is 0 Å². The van der Waals surface area contributed by atoms with Crippen LogP contribution in [0.15, 0.2) is 5.51 Å². The van der Waals surface area contributed by atoms with Gasteiger partial charge in [-0.15, -0.1) is 11.3 Å². The van der Waals surface area contributed by atoms with Crippen LogP contribution in [0.3, 0.4) is 0 Å². The number of hydrogen-bond donors (Lipinski definition) is 2. The standard InChI is InChI=1S/C7H9NS.C6H8N2O3/c1-5-7(6-2-3-6)9-4-8-5;9-3-7-4-1-2-5(10)8-6(4)11/h4,6H,2-3H2,1H3;3-4H,1-2H2,(H,7,9)(H,8,10,11). The summed E-state index contributed by atoms with van der Waals surface area (Å²) in [7, 11) is 0. The number of carbonyl (C=O) groups is 3. The molecule has 1 atom stereocenters. The molecule has 2 heterocycles. The lowest BCUT2D eigenvalue weighted by atomic mass is 10.1. The lowest BCUT2D eigenvalue weighted by Gasteiger charge is -2.19. The first kappa shape index (κ1) is 14.6. The van der Waals surface area contributed by atoms with Crippen molar-refractivity contribution in [1.82, 2.24) is 15.6 Å². The van der Waals surface area contributed by atoms with Gasteiger partial charge < -0.3 is 5.32 Å². The molecular weight excluding hydrogens is 278 g/mol. The molecule has 0 bridgehead atoms. The average Bonchev–Trinajstić information content (AvgIpc) is 3.16. The van der Waals surface area contributed by atoms with Crippen molar-refractivity contribution >= 4 is 29.6 Å². The second-order valence-electron chi connectivity index (χ2n) is 4.86. The molecule has 0 aromatic carbocycles. The first-order valence-corrected chi connectivity index (χ1v) is 7.43. The number of nitrogens with one attached hydrogen (secondary N) is 2. The molecule has 1 aromatic heterocycles. The van der Waals surface area contributed by atoms with Crippen molar-refractivity contribution in [2.45, 2.75) is 44.6 Å². The van der Waals surface area contributed by atoms with Gasteiger partial charge in [0.15, 0.2) is 0 Å². The van der Waals surface area contributed by atoms with Gasteiger partial charge in [-0.25, -0.2) is 4.98 Å². The van der Waals surface area contributed by atoms with E-state index in [4.69, 9.17) is 0 Å². The Morgan fingerprint density at radius 2 is 2.15 bits per heavy atom. The molecular formula is C13H17N3O3S. The van der Waals surface area contributed by atoms with Crippen LogP contribution in [0.5, 0.6) is 0 Å². The van der Waals surface area contributed by atoms with E-state index in [9.17, 15) is 14.4 Å². The zero-order valence-corrected chi connectivity index (χ0v) is 12.0. The van der Waals surface area contributed by atoms with Crippen LogP contribution in [0.2, 0.25) is 0 Å². The van der Waals surface area contributed by atoms with Gasteiger partial charge in [-0.3, -0.25) is 19.7 Å². The number of carbonyl (C=O) groups excluding carboxylic acids is 3. The quantitative estimate of drug-likeness (QED) is 0.639. The predicted molar refractivity (Wildman–Crippen MR) is 74.2 cm³/mol. The molecule has 1 aliphatic carbocycles. The number of thiazole rings is 1. The first-order chi connectivity index (χ1) is 9.61. The zero-order valence-electron chi connectivity index (χ0n) is 11.2. The summed E-state index contributed by atoms with van der Waals surface area (Å²) >= 11 is 1.81. The molecule has 1 saturated carbocycles. The number of amides is 3. The summed E-state index contributed by atoms with van der Waals surface area (Å²) in [5.41, 5.74) is 3.20. The second kappa shape index (κ2) is 6.60. The van der Waals surface area contributed by atoms with Crippen LogP contribution < -0.4 is 10.6 Å². The van der Waals surface area contributed by atoms with E-state index in [1.807, 2.05) is 16.8 Å². The van der Waals surface area contributed by atoms with Gasteiger partial charge in [-0.05, 0) is 32.1 Å². The molecule has 7 heteroatoms. The largest absolute Gasteiger partial charge is 0.347 e. The SMILES string of the molecule is Cc1ncsc1C1CC1.O=CNC1CCC(=O)NC1=O. The zero-order chi connectivity index (χ0) is 14.5. The van der Waals surface area contributed by atoms with Crippen molar-refractivity contribution in [2.75, 3.05) is 0 Å². The highest BCUT2D eigenvalue weighted by molar-refractivity contribution is 7.09. The fourth-order valence-corrected chi connectivity index (χ4v) is 2.96. The Hall–Kier alpha value is -1.76. The van der Waals surface area contributed by atoms with Crippen molar-refractivity contribution in [3.8, 4) is 0 Å². The van der Waals surface area contributed by atoms with Gasteiger partial charge in [0.25, 0.3) is 0 Å². The minimum atomic E-state index is -0.537. The van der Waals surface area contributed by atoms with Crippen LogP contribution in [-0.4, -0.2) is 29.3 Å². The molecule has 6 nitrogen and oxygen atoms in total.